The van der Waals surface area contributed by atoms with Crippen LogP contribution in [0, 0.1) is 6.92 Å². The monoisotopic (exact) mass is 269 g/mol. The van der Waals surface area contributed by atoms with Crippen molar-refractivity contribution < 1.29 is 9.59 Å². The molecule has 3 rings (SSSR count). The number of fused-ring (bicyclic) bond motifs is 1. The molecule has 0 radical (unpaired) electrons. The minimum absolute atomic E-state index is 0.207. The Morgan fingerprint density at radius 2 is 2.05 bits per heavy atom. The number of aromatic nitrogens is 1. The highest BCUT2D eigenvalue weighted by Gasteiger charge is 2.28. The summed E-state index contributed by atoms with van der Waals surface area (Å²) in [7, 11) is 0. The Morgan fingerprint density at radius 1 is 1.30 bits per heavy atom. The van der Waals surface area contributed by atoms with Crippen molar-refractivity contribution in [2.24, 2.45) is 0 Å². The molecule has 1 unspecified atom stereocenters. The van der Waals surface area contributed by atoms with E-state index < -0.39 is 6.04 Å². The molecule has 0 saturated carbocycles. The van der Waals surface area contributed by atoms with Crippen LogP contribution in [0.1, 0.15) is 16.1 Å². The van der Waals surface area contributed by atoms with Crippen molar-refractivity contribution in [3.63, 3.8) is 0 Å². The normalized spacial score (nSPS) is 17.2. The lowest BCUT2D eigenvalue weighted by Crippen LogP contribution is -2.50. The van der Waals surface area contributed by atoms with Crippen LogP contribution in [0.25, 0.3) is 0 Å². The molecule has 1 aromatic carbocycles. The molecule has 2 heterocycles. The van der Waals surface area contributed by atoms with E-state index in [0.29, 0.717) is 12.2 Å². The summed E-state index contributed by atoms with van der Waals surface area (Å²) in [5, 5.41) is 5.53. The van der Waals surface area contributed by atoms with Gasteiger partial charge in [-0.05, 0) is 31.2 Å². The van der Waals surface area contributed by atoms with Gasteiger partial charge in [0.05, 0.1) is 6.54 Å². The molecule has 1 aliphatic heterocycles. The first kappa shape index (κ1) is 12.5. The summed E-state index contributed by atoms with van der Waals surface area (Å²) in [5.74, 6) is -0.424. The van der Waals surface area contributed by atoms with E-state index in [1.807, 2.05) is 31.2 Å². The van der Waals surface area contributed by atoms with Crippen LogP contribution in [0.5, 0.6) is 0 Å². The van der Waals surface area contributed by atoms with Crippen LogP contribution in [-0.4, -0.2) is 22.4 Å². The van der Waals surface area contributed by atoms with Crippen molar-refractivity contribution in [2.75, 3.05) is 5.32 Å². The Balaban J connectivity index is 1.73. The summed E-state index contributed by atoms with van der Waals surface area (Å²) in [6, 6.07) is 10.5. The highest BCUT2D eigenvalue weighted by Crippen LogP contribution is 2.13. The summed E-state index contributed by atoms with van der Waals surface area (Å²) in [4.78, 5) is 24.0. The van der Waals surface area contributed by atoms with Gasteiger partial charge in [-0.1, -0.05) is 17.7 Å². The number of carbonyl (C=O) groups excluding carboxylic acids is 2. The quantitative estimate of drug-likeness (QED) is 0.868. The number of anilines is 1. The van der Waals surface area contributed by atoms with Crippen LogP contribution < -0.4 is 10.6 Å². The average molecular weight is 269 g/mol. The van der Waals surface area contributed by atoms with Crippen LogP contribution in [-0.2, 0) is 11.3 Å². The number of rotatable bonds is 2. The van der Waals surface area contributed by atoms with Gasteiger partial charge in [0.1, 0.15) is 11.7 Å². The summed E-state index contributed by atoms with van der Waals surface area (Å²) in [6.07, 6.45) is 1.81. The predicted octanol–water partition coefficient (Wildman–Crippen LogP) is 1.55. The maximum atomic E-state index is 12.2. The highest BCUT2D eigenvalue weighted by atomic mass is 16.2. The van der Waals surface area contributed by atoms with E-state index in [4.69, 9.17) is 0 Å². The summed E-state index contributed by atoms with van der Waals surface area (Å²) < 4.78 is 1.79. The molecule has 20 heavy (non-hydrogen) atoms. The third-order valence-electron chi connectivity index (χ3n) is 3.38. The zero-order valence-electron chi connectivity index (χ0n) is 11.1. The van der Waals surface area contributed by atoms with Gasteiger partial charge in [-0.3, -0.25) is 9.59 Å². The number of nitrogens with zero attached hydrogens (tertiary/aromatic N) is 1. The van der Waals surface area contributed by atoms with Crippen LogP contribution in [0.4, 0.5) is 5.69 Å². The Bertz CT molecular complexity index is 658. The van der Waals surface area contributed by atoms with E-state index in [1.165, 1.54) is 0 Å². The number of amides is 2. The fraction of sp³-hybridized carbons (Fsp3) is 0.200. The fourth-order valence-electron chi connectivity index (χ4n) is 2.27. The molecule has 0 spiro atoms. The van der Waals surface area contributed by atoms with Gasteiger partial charge >= 0.3 is 0 Å². The number of benzene rings is 1. The molecular weight excluding hydrogens is 254 g/mol. The number of hydrogen-bond acceptors (Lipinski definition) is 2. The predicted molar refractivity (Wildman–Crippen MR) is 75.5 cm³/mol. The van der Waals surface area contributed by atoms with E-state index in [9.17, 15) is 9.59 Å². The van der Waals surface area contributed by atoms with E-state index in [-0.39, 0.29) is 11.8 Å². The minimum atomic E-state index is -0.552. The molecular formula is C15H15N3O2. The highest BCUT2D eigenvalue weighted by molar-refractivity contribution is 6.01. The van der Waals surface area contributed by atoms with Crippen LogP contribution in [0.15, 0.2) is 42.6 Å². The lowest BCUT2D eigenvalue weighted by atomic mass is 10.2. The molecule has 2 amide bonds. The Hall–Kier alpha value is -2.56. The molecule has 0 aliphatic carbocycles. The minimum Gasteiger partial charge on any atom is -0.341 e. The lowest BCUT2D eigenvalue weighted by Gasteiger charge is -2.24. The van der Waals surface area contributed by atoms with Gasteiger partial charge in [0.25, 0.3) is 5.91 Å². The second-order valence-electron chi connectivity index (χ2n) is 4.93. The Labute approximate surface area is 116 Å². The molecule has 1 atom stereocenters. The lowest BCUT2D eigenvalue weighted by molar-refractivity contribution is -0.118. The maximum absolute atomic E-state index is 12.2. The SMILES string of the molecule is Cc1ccc(NC(=O)C2Cn3cccc3C(=O)N2)cc1. The first-order valence-electron chi connectivity index (χ1n) is 6.47. The topological polar surface area (TPSA) is 63.1 Å². The molecule has 5 nitrogen and oxygen atoms in total. The van der Waals surface area contributed by atoms with Crippen molar-refractivity contribution in [3.05, 3.63) is 53.9 Å². The molecule has 0 fully saturated rings. The standard InChI is InChI=1S/C15H15N3O2/c1-10-4-6-11(7-5-10)16-14(19)12-9-18-8-2-3-13(18)15(20)17-12/h2-8,12H,9H2,1H3,(H,16,19)(H,17,20). The van der Waals surface area contributed by atoms with E-state index in [2.05, 4.69) is 10.6 Å². The number of nitrogens with one attached hydrogen (secondary N) is 2. The van der Waals surface area contributed by atoms with Crippen molar-refractivity contribution in [3.8, 4) is 0 Å². The largest absolute Gasteiger partial charge is 0.341 e. The van der Waals surface area contributed by atoms with Gasteiger partial charge in [-0.15, -0.1) is 0 Å². The van der Waals surface area contributed by atoms with Gasteiger partial charge in [0, 0.05) is 11.9 Å². The second kappa shape index (κ2) is 4.85. The van der Waals surface area contributed by atoms with Gasteiger partial charge in [-0.2, -0.15) is 0 Å². The molecule has 1 aliphatic rings. The van der Waals surface area contributed by atoms with E-state index in [0.717, 1.165) is 11.3 Å². The number of aryl methyl sites for hydroxylation is 1. The van der Waals surface area contributed by atoms with E-state index in [1.54, 1.807) is 22.9 Å². The number of carbonyl (C=O) groups is 2. The first-order valence-corrected chi connectivity index (χ1v) is 6.47. The van der Waals surface area contributed by atoms with Gasteiger partial charge < -0.3 is 15.2 Å². The summed E-state index contributed by atoms with van der Waals surface area (Å²) >= 11 is 0. The van der Waals surface area contributed by atoms with Crippen LogP contribution >= 0.6 is 0 Å². The third-order valence-corrected chi connectivity index (χ3v) is 3.38. The van der Waals surface area contributed by atoms with Crippen molar-refractivity contribution in [1.29, 1.82) is 0 Å². The van der Waals surface area contributed by atoms with Crippen molar-refractivity contribution >= 4 is 17.5 Å². The molecule has 1 aromatic heterocycles. The number of hydrogen-bond donors (Lipinski definition) is 2. The summed E-state index contributed by atoms with van der Waals surface area (Å²) in [5.41, 5.74) is 2.45. The Morgan fingerprint density at radius 3 is 2.80 bits per heavy atom. The molecule has 5 heteroatoms. The van der Waals surface area contributed by atoms with Gasteiger partial charge in [0.15, 0.2) is 0 Å². The Kier molecular flexibility index (Phi) is 3.02. The molecule has 0 saturated heterocycles. The zero-order valence-corrected chi connectivity index (χ0v) is 11.1. The van der Waals surface area contributed by atoms with Crippen LogP contribution in [0.2, 0.25) is 0 Å². The van der Waals surface area contributed by atoms with E-state index >= 15 is 0 Å². The van der Waals surface area contributed by atoms with Gasteiger partial charge in [-0.25, -0.2) is 0 Å². The fourth-order valence-corrected chi connectivity index (χ4v) is 2.27. The van der Waals surface area contributed by atoms with Gasteiger partial charge in [0.2, 0.25) is 5.91 Å². The zero-order chi connectivity index (χ0) is 14.1. The first-order chi connectivity index (χ1) is 9.63. The average Bonchev–Trinajstić information content (AvgIpc) is 2.90. The molecule has 102 valence electrons. The van der Waals surface area contributed by atoms with Crippen molar-refractivity contribution in [2.45, 2.75) is 19.5 Å². The van der Waals surface area contributed by atoms with Crippen LogP contribution in [0.3, 0.4) is 0 Å². The van der Waals surface area contributed by atoms with Crippen molar-refractivity contribution in [1.82, 2.24) is 9.88 Å². The molecule has 0 bridgehead atoms. The maximum Gasteiger partial charge on any atom is 0.268 e. The smallest absolute Gasteiger partial charge is 0.268 e. The molecule has 2 N–H and O–H groups in total. The third kappa shape index (κ3) is 2.30. The summed E-state index contributed by atoms with van der Waals surface area (Å²) in [6.45, 7) is 2.44. The molecule has 2 aromatic rings. The second-order valence-corrected chi connectivity index (χ2v) is 4.93.